The highest BCUT2D eigenvalue weighted by atomic mass is 32.1. The van der Waals surface area contributed by atoms with E-state index in [-0.39, 0.29) is 10.7 Å². The van der Waals surface area contributed by atoms with Crippen LogP contribution in [0.5, 0.6) is 5.75 Å². The van der Waals surface area contributed by atoms with E-state index < -0.39 is 11.8 Å². The molecule has 2 aromatic carbocycles. The molecule has 2 amide bonds. The van der Waals surface area contributed by atoms with Crippen molar-refractivity contribution in [2.75, 3.05) is 11.5 Å². The summed E-state index contributed by atoms with van der Waals surface area (Å²) in [5, 5.41) is 3.63. The summed E-state index contributed by atoms with van der Waals surface area (Å²) in [6.45, 7) is 2.45. The Labute approximate surface area is 173 Å². The fraction of sp³-hybridized carbons (Fsp3) is 0.136. The van der Waals surface area contributed by atoms with Crippen molar-refractivity contribution in [2.45, 2.75) is 6.92 Å². The number of amides is 2. The molecule has 1 fully saturated rings. The van der Waals surface area contributed by atoms with E-state index in [0.29, 0.717) is 18.0 Å². The minimum atomic E-state index is -0.505. The van der Waals surface area contributed by atoms with Gasteiger partial charge in [0.25, 0.3) is 11.8 Å². The number of hydrogen-bond acceptors (Lipinski definition) is 4. The number of carbonyl (C=O) groups excluding carboxylic acids is 2. The molecule has 1 N–H and O–H groups in total. The van der Waals surface area contributed by atoms with Gasteiger partial charge in [-0.25, -0.2) is 0 Å². The van der Waals surface area contributed by atoms with Gasteiger partial charge >= 0.3 is 0 Å². The van der Waals surface area contributed by atoms with E-state index in [1.54, 1.807) is 30.3 Å². The molecule has 0 spiro atoms. The highest BCUT2D eigenvalue weighted by Gasteiger charge is 2.34. The third-order valence-electron chi connectivity index (χ3n) is 4.74. The monoisotopic (exact) mass is 405 g/mol. The van der Waals surface area contributed by atoms with Crippen LogP contribution >= 0.6 is 12.2 Å². The summed E-state index contributed by atoms with van der Waals surface area (Å²) in [7, 11) is 1.93. The lowest BCUT2D eigenvalue weighted by Crippen LogP contribution is -2.54. The van der Waals surface area contributed by atoms with E-state index >= 15 is 0 Å². The Morgan fingerprint density at radius 3 is 2.55 bits per heavy atom. The second-order valence-electron chi connectivity index (χ2n) is 6.60. The summed E-state index contributed by atoms with van der Waals surface area (Å²) in [4.78, 5) is 27.0. The molecule has 1 aromatic heterocycles. The molecule has 1 saturated heterocycles. The van der Waals surface area contributed by atoms with Crippen LogP contribution in [-0.4, -0.2) is 28.1 Å². The van der Waals surface area contributed by atoms with E-state index in [1.165, 1.54) is 4.90 Å². The van der Waals surface area contributed by atoms with Gasteiger partial charge in [0.05, 0.1) is 12.3 Å². The van der Waals surface area contributed by atoms with Crippen LogP contribution in [0.1, 0.15) is 12.5 Å². The summed E-state index contributed by atoms with van der Waals surface area (Å²) in [6.07, 6.45) is 3.51. The highest BCUT2D eigenvalue weighted by molar-refractivity contribution is 7.80. The molecule has 7 heteroatoms. The van der Waals surface area contributed by atoms with Crippen molar-refractivity contribution in [1.29, 1.82) is 0 Å². The molecule has 0 radical (unpaired) electrons. The van der Waals surface area contributed by atoms with Crippen LogP contribution in [-0.2, 0) is 16.6 Å². The van der Waals surface area contributed by atoms with Crippen LogP contribution in [0.2, 0.25) is 0 Å². The standard InChI is InChI=1S/C22H19N3O3S/c1-3-28-16-10-8-15(9-11-16)25-21(27)18(20(26)23-22(25)29)12-14-13-24(2)19-7-5-4-6-17(14)19/h4-13H,3H2,1-2H3,(H,23,26,29)/b18-12+. The van der Waals surface area contributed by atoms with Crippen molar-refractivity contribution in [3.05, 3.63) is 65.9 Å². The number of nitrogens with zero attached hydrogens (tertiary/aromatic N) is 2. The van der Waals surface area contributed by atoms with Gasteiger partial charge in [0, 0.05) is 29.7 Å². The summed E-state index contributed by atoms with van der Waals surface area (Å²) < 4.78 is 7.40. The fourth-order valence-corrected chi connectivity index (χ4v) is 3.67. The zero-order chi connectivity index (χ0) is 20.5. The van der Waals surface area contributed by atoms with Gasteiger partial charge < -0.3 is 9.30 Å². The molecule has 0 bridgehead atoms. The van der Waals surface area contributed by atoms with Gasteiger partial charge in [0.1, 0.15) is 11.3 Å². The number of ether oxygens (including phenoxy) is 1. The Hall–Kier alpha value is -3.45. The van der Waals surface area contributed by atoms with E-state index in [9.17, 15) is 9.59 Å². The van der Waals surface area contributed by atoms with E-state index in [2.05, 4.69) is 5.32 Å². The second-order valence-corrected chi connectivity index (χ2v) is 6.98. The van der Waals surface area contributed by atoms with Crippen LogP contribution in [0.4, 0.5) is 5.69 Å². The van der Waals surface area contributed by atoms with Crippen molar-refractivity contribution in [3.8, 4) is 5.75 Å². The van der Waals surface area contributed by atoms with Crippen molar-refractivity contribution in [1.82, 2.24) is 9.88 Å². The van der Waals surface area contributed by atoms with Crippen LogP contribution in [0.25, 0.3) is 17.0 Å². The van der Waals surface area contributed by atoms with Gasteiger partial charge in [-0.2, -0.15) is 0 Å². The van der Waals surface area contributed by atoms with Crippen molar-refractivity contribution < 1.29 is 14.3 Å². The average Bonchev–Trinajstić information content (AvgIpc) is 3.02. The average molecular weight is 405 g/mol. The van der Waals surface area contributed by atoms with E-state index in [1.807, 2.05) is 49.0 Å². The molecule has 29 heavy (non-hydrogen) atoms. The Morgan fingerprint density at radius 1 is 1.10 bits per heavy atom. The quantitative estimate of drug-likeness (QED) is 0.411. The Morgan fingerprint density at radius 2 is 1.83 bits per heavy atom. The maximum absolute atomic E-state index is 13.2. The molecule has 1 aliphatic rings. The number of benzene rings is 2. The Balaban J connectivity index is 1.74. The molecule has 3 aromatic rings. The molecular weight excluding hydrogens is 386 g/mol. The zero-order valence-corrected chi connectivity index (χ0v) is 16.8. The number of aryl methyl sites for hydroxylation is 1. The first kappa shape index (κ1) is 18.9. The van der Waals surface area contributed by atoms with Gasteiger partial charge in [-0.1, -0.05) is 18.2 Å². The SMILES string of the molecule is CCOc1ccc(N2C(=O)/C(=C/c3cn(C)c4ccccc34)C(=O)NC2=S)cc1. The van der Waals surface area contributed by atoms with E-state index in [4.69, 9.17) is 17.0 Å². The molecule has 0 aliphatic carbocycles. The van der Waals surface area contributed by atoms with Crippen LogP contribution in [0.15, 0.2) is 60.3 Å². The molecule has 2 heterocycles. The van der Waals surface area contributed by atoms with Crippen molar-refractivity contribution in [3.63, 3.8) is 0 Å². The minimum Gasteiger partial charge on any atom is -0.494 e. The molecule has 0 atom stereocenters. The third kappa shape index (κ3) is 3.40. The lowest BCUT2D eigenvalue weighted by molar-refractivity contribution is -0.122. The summed E-state index contributed by atoms with van der Waals surface area (Å²) >= 11 is 5.26. The molecule has 6 nitrogen and oxygen atoms in total. The topological polar surface area (TPSA) is 63.6 Å². The number of rotatable bonds is 4. The first-order valence-electron chi connectivity index (χ1n) is 9.18. The first-order valence-corrected chi connectivity index (χ1v) is 9.59. The highest BCUT2D eigenvalue weighted by Crippen LogP contribution is 2.27. The fourth-order valence-electron chi connectivity index (χ4n) is 3.39. The largest absolute Gasteiger partial charge is 0.494 e. The molecule has 146 valence electrons. The lowest BCUT2D eigenvalue weighted by Gasteiger charge is -2.29. The summed E-state index contributed by atoms with van der Waals surface area (Å²) in [5.74, 6) is -0.270. The summed E-state index contributed by atoms with van der Waals surface area (Å²) in [6, 6.07) is 14.8. The first-order chi connectivity index (χ1) is 14.0. The van der Waals surface area contributed by atoms with Crippen LogP contribution in [0, 0.1) is 0 Å². The Bertz CT molecular complexity index is 1160. The molecular formula is C22H19N3O3S. The Kier molecular flexibility index (Phi) is 4.90. The number of nitrogens with one attached hydrogen (secondary N) is 1. The van der Waals surface area contributed by atoms with Gasteiger partial charge in [-0.05, 0) is 55.5 Å². The smallest absolute Gasteiger partial charge is 0.270 e. The molecule has 0 saturated carbocycles. The maximum atomic E-state index is 13.2. The molecule has 0 unspecified atom stereocenters. The van der Waals surface area contributed by atoms with Crippen LogP contribution < -0.4 is 15.0 Å². The predicted molar refractivity (Wildman–Crippen MR) is 117 cm³/mol. The number of fused-ring (bicyclic) bond motifs is 1. The van der Waals surface area contributed by atoms with Gasteiger partial charge in [0.15, 0.2) is 5.11 Å². The van der Waals surface area contributed by atoms with E-state index in [0.717, 1.165) is 16.5 Å². The zero-order valence-electron chi connectivity index (χ0n) is 16.0. The van der Waals surface area contributed by atoms with Crippen molar-refractivity contribution >= 4 is 51.8 Å². The second kappa shape index (κ2) is 7.52. The van der Waals surface area contributed by atoms with Crippen molar-refractivity contribution in [2.24, 2.45) is 7.05 Å². The summed E-state index contributed by atoms with van der Waals surface area (Å²) in [5.41, 5.74) is 2.40. The van der Waals surface area contributed by atoms with Crippen LogP contribution in [0.3, 0.4) is 0 Å². The third-order valence-corrected chi connectivity index (χ3v) is 5.02. The minimum absolute atomic E-state index is 0.0313. The number of carbonyl (C=O) groups is 2. The number of anilines is 1. The number of hydrogen-bond donors (Lipinski definition) is 1. The molecule has 1 aliphatic heterocycles. The lowest BCUT2D eigenvalue weighted by atomic mass is 10.1. The van der Waals surface area contributed by atoms with Gasteiger partial charge in [0.2, 0.25) is 0 Å². The maximum Gasteiger partial charge on any atom is 0.270 e. The normalized spacial score (nSPS) is 15.9. The number of aromatic nitrogens is 1. The predicted octanol–water partition coefficient (Wildman–Crippen LogP) is 3.41. The van der Waals surface area contributed by atoms with Gasteiger partial charge in [-0.15, -0.1) is 0 Å². The van der Waals surface area contributed by atoms with Gasteiger partial charge in [-0.3, -0.25) is 19.8 Å². The number of thiocarbonyl (C=S) groups is 1. The molecule has 4 rings (SSSR count). The number of para-hydroxylation sites is 1.